The summed E-state index contributed by atoms with van der Waals surface area (Å²) in [7, 11) is 0. The lowest BCUT2D eigenvalue weighted by molar-refractivity contribution is 0.910. The van der Waals surface area contributed by atoms with Crippen LogP contribution in [0.25, 0.3) is 21.7 Å². The van der Waals surface area contributed by atoms with Crippen molar-refractivity contribution in [2.75, 3.05) is 5.75 Å². The molecule has 0 spiro atoms. The molecule has 7 heteroatoms. The van der Waals surface area contributed by atoms with Gasteiger partial charge in [-0.1, -0.05) is 54.2 Å². The minimum atomic E-state index is 0.0192. The van der Waals surface area contributed by atoms with Gasteiger partial charge >= 0.3 is 0 Å². The van der Waals surface area contributed by atoms with E-state index in [2.05, 4.69) is 38.9 Å². The summed E-state index contributed by atoms with van der Waals surface area (Å²) in [6, 6.07) is 18.5. The van der Waals surface area contributed by atoms with Crippen molar-refractivity contribution in [3.8, 4) is 5.69 Å². The summed E-state index contributed by atoms with van der Waals surface area (Å²) >= 11 is 3.44. The van der Waals surface area contributed by atoms with Crippen LogP contribution in [0, 0.1) is 6.92 Å². The summed E-state index contributed by atoms with van der Waals surface area (Å²) in [5.74, 6) is 1.50. The van der Waals surface area contributed by atoms with Crippen molar-refractivity contribution in [1.82, 2.24) is 19.2 Å². The quantitative estimate of drug-likeness (QED) is 0.339. The Morgan fingerprint density at radius 1 is 1.06 bits per heavy atom. The third-order valence-corrected chi connectivity index (χ3v) is 8.27. The molecule has 0 N–H and O–H groups in total. The Morgan fingerprint density at radius 3 is 2.78 bits per heavy atom. The molecule has 0 atom stereocenters. The fraction of sp³-hybridized carbons (Fsp3) is 0.240. The Bertz CT molecular complexity index is 1510. The zero-order valence-corrected chi connectivity index (χ0v) is 19.4. The largest absolute Gasteiger partial charge is 0.268 e. The first-order chi connectivity index (χ1) is 15.7. The van der Waals surface area contributed by atoms with Gasteiger partial charge in [-0.15, -0.1) is 21.5 Å². The average molecular weight is 459 g/mol. The molecule has 0 saturated carbocycles. The van der Waals surface area contributed by atoms with Gasteiger partial charge < -0.3 is 0 Å². The minimum absolute atomic E-state index is 0.0192. The molecule has 3 heterocycles. The van der Waals surface area contributed by atoms with Crippen LogP contribution < -0.4 is 5.56 Å². The molecule has 2 aromatic carbocycles. The van der Waals surface area contributed by atoms with Gasteiger partial charge in [0.2, 0.25) is 5.78 Å². The predicted molar refractivity (Wildman–Crippen MR) is 132 cm³/mol. The van der Waals surface area contributed by atoms with Gasteiger partial charge in [0, 0.05) is 10.6 Å². The molecule has 0 radical (unpaired) electrons. The van der Waals surface area contributed by atoms with Crippen LogP contribution in [-0.4, -0.2) is 24.9 Å². The molecule has 0 fully saturated rings. The van der Waals surface area contributed by atoms with Crippen LogP contribution in [0.5, 0.6) is 0 Å². The van der Waals surface area contributed by atoms with Crippen LogP contribution >= 0.6 is 23.1 Å². The molecule has 1 aliphatic rings. The molecule has 0 amide bonds. The number of hydrogen-bond donors (Lipinski definition) is 0. The lowest BCUT2D eigenvalue weighted by Crippen LogP contribution is -2.22. The maximum atomic E-state index is 13.8. The number of fused-ring (bicyclic) bond motifs is 5. The number of hydrogen-bond acceptors (Lipinski definition) is 5. The van der Waals surface area contributed by atoms with E-state index in [0.717, 1.165) is 58.1 Å². The molecule has 0 saturated heterocycles. The van der Waals surface area contributed by atoms with Gasteiger partial charge in [-0.3, -0.25) is 4.79 Å². The Morgan fingerprint density at radius 2 is 1.94 bits per heavy atom. The zero-order chi connectivity index (χ0) is 21.7. The molecule has 32 heavy (non-hydrogen) atoms. The second-order valence-electron chi connectivity index (χ2n) is 8.22. The monoisotopic (exact) mass is 458 g/mol. The van der Waals surface area contributed by atoms with Gasteiger partial charge in [-0.05, 0) is 61.4 Å². The van der Waals surface area contributed by atoms with E-state index in [0.29, 0.717) is 5.78 Å². The van der Waals surface area contributed by atoms with E-state index in [1.807, 2.05) is 37.3 Å². The van der Waals surface area contributed by atoms with E-state index in [4.69, 9.17) is 0 Å². The molecule has 0 bridgehead atoms. The fourth-order valence-electron chi connectivity index (χ4n) is 4.55. The zero-order valence-electron chi connectivity index (χ0n) is 17.7. The Balaban J connectivity index is 1.53. The van der Waals surface area contributed by atoms with Crippen LogP contribution in [0.1, 0.15) is 28.0 Å². The first-order valence-corrected chi connectivity index (χ1v) is 12.7. The number of benzene rings is 2. The predicted octanol–water partition coefficient (Wildman–Crippen LogP) is 5.23. The second-order valence-corrected chi connectivity index (χ2v) is 10.4. The third kappa shape index (κ3) is 3.19. The molecule has 5 nitrogen and oxygen atoms in total. The van der Waals surface area contributed by atoms with E-state index in [9.17, 15) is 4.79 Å². The lowest BCUT2D eigenvalue weighted by atomic mass is 10.2. The first-order valence-electron chi connectivity index (χ1n) is 10.9. The second kappa shape index (κ2) is 7.90. The highest BCUT2D eigenvalue weighted by Gasteiger charge is 2.26. The number of thiophene rings is 1. The first kappa shape index (κ1) is 19.8. The van der Waals surface area contributed by atoms with Crippen molar-refractivity contribution >= 4 is 39.1 Å². The third-order valence-electron chi connectivity index (χ3n) is 6.06. The number of rotatable bonds is 5. The Kier molecular flexibility index (Phi) is 4.88. The van der Waals surface area contributed by atoms with Crippen molar-refractivity contribution in [2.24, 2.45) is 0 Å². The number of thioether (sulfide) groups is 1. The molecular weight excluding hydrogens is 436 g/mol. The van der Waals surface area contributed by atoms with Crippen molar-refractivity contribution in [3.05, 3.63) is 86.5 Å². The van der Waals surface area contributed by atoms with Crippen LogP contribution in [0.4, 0.5) is 0 Å². The van der Waals surface area contributed by atoms with Crippen LogP contribution in [-0.2, 0) is 19.3 Å². The van der Waals surface area contributed by atoms with Gasteiger partial charge in [-0.25, -0.2) is 8.97 Å². The topological polar surface area (TPSA) is 52.2 Å². The molecule has 3 aromatic heterocycles. The maximum absolute atomic E-state index is 13.8. The molecule has 1 aliphatic carbocycles. The molecule has 160 valence electrons. The average Bonchev–Trinajstić information content (AvgIpc) is 3.49. The summed E-state index contributed by atoms with van der Waals surface area (Å²) in [4.78, 5) is 16.1. The van der Waals surface area contributed by atoms with E-state index in [-0.39, 0.29) is 5.56 Å². The van der Waals surface area contributed by atoms with Crippen LogP contribution in [0.15, 0.2) is 64.5 Å². The van der Waals surface area contributed by atoms with Crippen LogP contribution in [0.2, 0.25) is 0 Å². The molecular formula is C25H22N4OS2. The summed E-state index contributed by atoms with van der Waals surface area (Å²) in [6.07, 6.45) is 4.11. The summed E-state index contributed by atoms with van der Waals surface area (Å²) in [5.41, 5.74) is 4.51. The number of nitrogens with zero attached hydrogens (tertiary/aromatic N) is 4. The normalized spacial score (nSPS) is 13.3. The summed E-state index contributed by atoms with van der Waals surface area (Å²) in [5, 5.41) is 10.7. The van der Waals surface area contributed by atoms with Gasteiger partial charge in [0.15, 0.2) is 5.16 Å². The van der Waals surface area contributed by atoms with E-state index in [1.54, 1.807) is 27.7 Å². The summed E-state index contributed by atoms with van der Waals surface area (Å²) < 4.78 is 3.85. The van der Waals surface area contributed by atoms with Crippen molar-refractivity contribution in [2.45, 2.75) is 37.8 Å². The molecule has 0 unspecified atom stereocenters. The molecule has 5 aromatic rings. The van der Waals surface area contributed by atoms with E-state index < -0.39 is 0 Å². The van der Waals surface area contributed by atoms with Gasteiger partial charge in [-0.2, -0.15) is 0 Å². The number of aryl methyl sites for hydroxylation is 4. The van der Waals surface area contributed by atoms with Gasteiger partial charge in [0.05, 0.1) is 11.1 Å². The fourth-order valence-corrected chi connectivity index (χ4v) is 6.91. The van der Waals surface area contributed by atoms with Crippen molar-refractivity contribution < 1.29 is 0 Å². The molecule has 6 rings (SSSR count). The highest BCUT2D eigenvalue weighted by Crippen LogP contribution is 2.37. The Labute approximate surface area is 193 Å². The van der Waals surface area contributed by atoms with Crippen molar-refractivity contribution in [3.63, 3.8) is 0 Å². The van der Waals surface area contributed by atoms with Gasteiger partial charge in [0.1, 0.15) is 4.83 Å². The highest BCUT2D eigenvalue weighted by atomic mass is 32.2. The van der Waals surface area contributed by atoms with Gasteiger partial charge in [0.25, 0.3) is 5.56 Å². The standard InChI is InChI=1S/C25H22N4OS2/c1-16-7-5-10-18(15-16)28-22(30)21-19-11-6-12-20(19)32-23(21)29-24(28)26-27-25(29)31-14-13-17-8-3-2-4-9-17/h2-5,7-10,15H,6,11-14H2,1H3. The van der Waals surface area contributed by atoms with E-state index >= 15 is 0 Å². The minimum Gasteiger partial charge on any atom is -0.268 e. The SMILES string of the molecule is Cc1cccc(-n2c(=O)c3c4c(sc3n3c(SCCc5ccccc5)nnc23)CCC4)c1. The summed E-state index contributed by atoms with van der Waals surface area (Å²) in [6.45, 7) is 2.04. The lowest BCUT2D eigenvalue weighted by Gasteiger charge is -2.10. The smallest absolute Gasteiger partial charge is 0.268 e. The Hall–Kier alpha value is -2.90. The maximum Gasteiger partial charge on any atom is 0.268 e. The highest BCUT2D eigenvalue weighted by molar-refractivity contribution is 7.99. The number of aromatic nitrogens is 4. The van der Waals surface area contributed by atoms with E-state index in [1.165, 1.54) is 16.0 Å². The van der Waals surface area contributed by atoms with Crippen molar-refractivity contribution in [1.29, 1.82) is 0 Å². The molecule has 0 aliphatic heterocycles. The van der Waals surface area contributed by atoms with Crippen LogP contribution in [0.3, 0.4) is 0 Å².